The Labute approximate surface area is 147 Å². The number of nitrogens with zero attached hydrogens (tertiary/aromatic N) is 1. The molecule has 1 aromatic heterocycles. The first-order valence-corrected chi connectivity index (χ1v) is 7.68. The predicted octanol–water partition coefficient (Wildman–Crippen LogP) is 3.88. The van der Waals surface area contributed by atoms with Crippen molar-refractivity contribution in [3.8, 4) is 5.69 Å². The first-order valence-electron chi connectivity index (χ1n) is 7.68. The molecule has 2 aromatic carbocycles. The molecule has 0 amide bonds. The van der Waals surface area contributed by atoms with Crippen molar-refractivity contribution in [2.24, 2.45) is 0 Å². The average Bonchev–Trinajstić information content (AvgIpc) is 2.99. The summed E-state index contributed by atoms with van der Waals surface area (Å²) in [5.41, 5.74) is 2.36. The van der Waals surface area contributed by atoms with Gasteiger partial charge in [0.25, 0.3) is 0 Å². The van der Waals surface area contributed by atoms with Crippen LogP contribution in [0, 0.1) is 5.82 Å². The van der Waals surface area contributed by atoms with Crippen molar-refractivity contribution in [2.45, 2.75) is 0 Å². The van der Waals surface area contributed by atoms with Gasteiger partial charge in [0.15, 0.2) is 5.78 Å². The van der Waals surface area contributed by atoms with Crippen molar-refractivity contribution in [3.63, 3.8) is 0 Å². The second-order valence-corrected chi connectivity index (χ2v) is 5.52. The van der Waals surface area contributed by atoms with Gasteiger partial charge in [-0.05, 0) is 42.5 Å². The standard InChI is InChI=1S/C20H14FNO4/c21-14-6-8-15(9-7-14)22-12-13(17-3-1-2-4-18(17)22)5-10-16(23)11-19(24)20(25)26/h1-12,24H,(H,25,26)/b10-5+,19-11-. The Balaban J connectivity index is 2.01. The van der Waals surface area contributed by atoms with Crippen molar-refractivity contribution >= 4 is 28.7 Å². The van der Waals surface area contributed by atoms with E-state index in [1.165, 1.54) is 24.3 Å². The Bertz CT molecular complexity index is 1050. The van der Waals surface area contributed by atoms with Crippen molar-refractivity contribution in [1.82, 2.24) is 4.57 Å². The lowest BCUT2D eigenvalue weighted by atomic mass is 10.1. The fourth-order valence-corrected chi connectivity index (χ4v) is 2.57. The Morgan fingerprint density at radius 1 is 1.00 bits per heavy atom. The van der Waals surface area contributed by atoms with Gasteiger partial charge in [-0.1, -0.05) is 18.2 Å². The Kier molecular flexibility index (Phi) is 4.66. The van der Waals surface area contributed by atoms with Crippen LogP contribution in [0.4, 0.5) is 4.39 Å². The van der Waals surface area contributed by atoms with Crippen LogP contribution in [0.15, 0.2) is 72.6 Å². The van der Waals surface area contributed by atoms with Crippen LogP contribution in [0.1, 0.15) is 5.56 Å². The maximum Gasteiger partial charge on any atom is 0.371 e. The minimum absolute atomic E-state index is 0.332. The molecule has 0 unspecified atom stereocenters. The van der Waals surface area contributed by atoms with Crippen LogP contribution < -0.4 is 0 Å². The van der Waals surface area contributed by atoms with Crippen LogP contribution in [0.2, 0.25) is 0 Å². The number of fused-ring (bicyclic) bond motifs is 1. The summed E-state index contributed by atoms with van der Waals surface area (Å²) in [6.07, 6.45) is 5.15. The minimum Gasteiger partial charge on any atom is -0.502 e. The van der Waals surface area contributed by atoms with E-state index in [0.717, 1.165) is 22.2 Å². The highest BCUT2D eigenvalue weighted by molar-refractivity contribution is 6.06. The molecule has 0 spiro atoms. The highest BCUT2D eigenvalue weighted by Crippen LogP contribution is 2.26. The van der Waals surface area contributed by atoms with Gasteiger partial charge in [-0.3, -0.25) is 4.79 Å². The fraction of sp³-hybridized carbons (Fsp3) is 0. The first-order chi connectivity index (χ1) is 12.5. The number of halogens is 1. The molecule has 1 heterocycles. The molecule has 26 heavy (non-hydrogen) atoms. The lowest BCUT2D eigenvalue weighted by molar-refractivity contribution is -0.135. The fourth-order valence-electron chi connectivity index (χ4n) is 2.57. The van der Waals surface area contributed by atoms with E-state index in [0.29, 0.717) is 6.08 Å². The number of benzene rings is 2. The van der Waals surface area contributed by atoms with Crippen molar-refractivity contribution < 1.29 is 24.2 Å². The molecule has 0 bridgehead atoms. The highest BCUT2D eigenvalue weighted by atomic mass is 19.1. The molecule has 2 N–H and O–H groups in total. The van der Waals surface area contributed by atoms with Gasteiger partial charge < -0.3 is 14.8 Å². The Morgan fingerprint density at radius 3 is 2.38 bits per heavy atom. The molecular formula is C20H14FNO4. The number of aliphatic hydroxyl groups is 1. The number of aromatic nitrogens is 1. The lowest BCUT2D eigenvalue weighted by Gasteiger charge is -2.04. The van der Waals surface area contributed by atoms with E-state index in [1.807, 2.05) is 28.8 Å². The molecule has 0 saturated heterocycles. The average molecular weight is 351 g/mol. The number of carbonyl (C=O) groups excluding carboxylic acids is 1. The number of aliphatic carboxylic acids is 1. The number of carboxylic acid groups (broad SMARTS) is 1. The first kappa shape index (κ1) is 17.2. The summed E-state index contributed by atoms with van der Waals surface area (Å²) >= 11 is 0. The van der Waals surface area contributed by atoms with Crippen molar-refractivity contribution in [1.29, 1.82) is 0 Å². The smallest absolute Gasteiger partial charge is 0.371 e. The number of allylic oxidation sites excluding steroid dienone is 2. The number of carbonyl (C=O) groups is 2. The van der Waals surface area contributed by atoms with Crippen LogP contribution in [0.25, 0.3) is 22.7 Å². The number of hydrogen-bond acceptors (Lipinski definition) is 3. The summed E-state index contributed by atoms with van der Waals surface area (Å²) in [6, 6.07) is 13.5. The molecule has 0 aliphatic rings. The number of rotatable bonds is 5. The normalized spacial score (nSPS) is 12.0. The summed E-state index contributed by atoms with van der Waals surface area (Å²) in [7, 11) is 0. The molecule has 0 aliphatic carbocycles. The zero-order valence-electron chi connectivity index (χ0n) is 13.5. The molecule has 3 aromatic rings. The molecule has 0 saturated carbocycles. The van der Waals surface area contributed by atoms with Gasteiger partial charge in [0, 0.05) is 28.9 Å². The topological polar surface area (TPSA) is 79.5 Å². The summed E-state index contributed by atoms with van der Waals surface area (Å²) in [5, 5.41) is 18.6. The van der Waals surface area contributed by atoms with Crippen molar-refractivity contribution in [3.05, 3.63) is 84.0 Å². The van der Waals surface area contributed by atoms with Crippen LogP contribution in [0.5, 0.6) is 0 Å². The van der Waals surface area contributed by atoms with E-state index in [4.69, 9.17) is 10.2 Å². The summed E-state index contributed by atoms with van der Waals surface area (Å²) in [5.74, 6) is -3.57. The van der Waals surface area contributed by atoms with Gasteiger partial charge in [-0.15, -0.1) is 0 Å². The van der Waals surface area contributed by atoms with E-state index in [-0.39, 0.29) is 5.82 Å². The maximum atomic E-state index is 13.2. The highest BCUT2D eigenvalue weighted by Gasteiger charge is 2.09. The predicted molar refractivity (Wildman–Crippen MR) is 95.6 cm³/mol. The third kappa shape index (κ3) is 3.54. The van der Waals surface area contributed by atoms with E-state index in [1.54, 1.807) is 18.3 Å². The van der Waals surface area contributed by atoms with E-state index in [2.05, 4.69) is 0 Å². The second kappa shape index (κ2) is 7.06. The number of ketones is 1. The van der Waals surface area contributed by atoms with E-state index >= 15 is 0 Å². The van der Waals surface area contributed by atoms with E-state index < -0.39 is 17.5 Å². The van der Waals surface area contributed by atoms with Crippen molar-refractivity contribution in [2.75, 3.05) is 0 Å². The maximum absolute atomic E-state index is 13.2. The molecule has 0 radical (unpaired) electrons. The van der Waals surface area contributed by atoms with Crippen LogP contribution in [0.3, 0.4) is 0 Å². The molecule has 5 nitrogen and oxygen atoms in total. The van der Waals surface area contributed by atoms with Crippen LogP contribution in [-0.4, -0.2) is 26.5 Å². The van der Waals surface area contributed by atoms with Crippen LogP contribution in [-0.2, 0) is 9.59 Å². The third-order valence-electron chi connectivity index (χ3n) is 3.77. The third-order valence-corrected chi connectivity index (χ3v) is 3.77. The summed E-state index contributed by atoms with van der Waals surface area (Å²) in [4.78, 5) is 22.3. The number of hydrogen-bond donors (Lipinski definition) is 2. The molecular weight excluding hydrogens is 337 g/mol. The summed E-state index contributed by atoms with van der Waals surface area (Å²) < 4.78 is 15.0. The number of para-hydroxylation sites is 1. The molecule has 130 valence electrons. The monoisotopic (exact) mass is 351 g/mol. The van der Waals surface area contributed by atoms with Gasteiger partial charge >= 0.3 is 5.97 Å². The van der Waals surface area contributed by atoms with Gasteiger partial charge in [-0.25, -0.2) is 9.18 Å². The van der Waals surface area contributed by atoms with Crippen LogP contribution >= 0.6 is 0 Å². The molecule has 0 aliphatic heterocycles. The number of aliphatic hydroxyl groups excluding tert-OH is 1. The van der Waals surface area contributed by atoms with E-state index in [9.17, 15) is 14.0 Å². The zero-order valence-corrected chi connectivity index (χ0v) is 13.5. The quantitative estimate of drug-likeness (QED) is 0.540. The molecule has 6 heteroatoms. The molecule has 3 rings (SSSR count). The van der Waals surface area contributed by atoms with Gasteiger partial charge in [0.1, 0.15) is 5.82 Å². The minimum atomic E-state index is -1.57. The lowest BCUT2D eigenvalue weighted by Crippen LogP contribution is -2.01. The van der Waals surface area contributed by atoms with Gasteiger partial charge in [0.2, 0.25) is 5.76 Å². The Hall–Kier alpha value is -3.67. The second-order valence-electron chi connectivity index (χ2n) is 5.52. The van der Waals surface area contributed by atoms with Gasteiger partial charge in [-0.2, -0.15) is 0 Å². The molecule has 0 atom stereocenters. The zero-order chi connectivity index (χ0) is 18.7. The molecule has 0 fully saturated rings. The van der Waals surface area contributed by atoms with Gasteiger partial charge in [0.05, 0.1) is 5.52 Å². The summed E-state index contributed by atoms with van der Waals surface area (Å²) in [6.45, 7) is 0. The number of carboxylic acids is 1. The Morgan fingerprint density at radius 2 is 1.69 bits per heavy atom. The SMILES string of the molecule is O=C(/C=C(\O)C(=O)O)/C=C/c1cn(-c2ccc(F)cc2)c2ccccc12. The largest absolute Gasteiger partial charge is 0.502 e.